The number of furan rings is 2. The van der Waals surface area contributed by atoms with E-state index in [1.165, 1.54) is 76.8 Å². The largest absolute Gasteiger partial charge is 0.453 e. The molecule has 15 rings (SSSR count). The molecule has 374 valence electrons. The Morgan fingerprint density at radius 2 is 0.870 bits per heavy atom. The zero-order chi connectivity index (χ0) is 52.6. The minimum atomic E-state index is -0.327. The fourth-order valence-corrected chi connectivity index (χ4v) is 14.2. The molecular weight excluding hydrogens is 937 g/mol. The van der Waals surface area contributed by atoms with Crippen molar-refractivity contribution in [3.05, 3.63) is 215 Å². The van der Waals surface area contributed by atoms with Crippen molar-refractivity contribution >= 4 is 133 Å². The fourth-order valence-electron chi connectivity index (χ4n) is 14.2. The van der Waals surface area contributed by atoms with Gasteiger partial charge in [-0.2, -0.15) is 0 Å². The van der Waals surface area contributed by atoms with Crippen LogP contribution < -0.4 is 9.80 Å². The van der Waals surface area contributed by atoms with Crippen LogP contribution in [-0.2, 0) is 10.8 Å². The van der Waals surface area contributed by atoms with Crippen molar-refractivity contribution in [1.82, 2.24) is 0 Å². The summed E-state index contributed by atoms with van der Waals surface area (Å²) in [7, 11) is 0. The molecule has 0 fully saturated rings. The van der Waals surface area contributed by atoms with E-state index >= 15 is 0 Å². The first kappa shape index (κ1) is 45.8. The van der Waals surface area contributed by atoms with Gasteiger partial charge in [-0.15, -0.1) is 0 Å². The predicted molar refractivity (Wildman–Crippen MR) is 329 cm³/mol. The number of hydrogen-bond acceptors (Lipinski definition) is 4. The number of hydrogen-bond donors (Lipinski definition) is 0. The predicted octanol–water partition coefficient (Wildman–Crippen LogP) is 21.7. The van der Waals surface area contributed by atoms with Crippen molar-refractivity contribution in [2.45, 2.75) is 85.0 Å². The van der Waals surface area contributed by atoms with Crippen molar-refractivity contribution in [2.75, 3.05) is 9.80 Å². The van der Waals surface area contributed by atoms with Crippen molar-refractivity contribution in [2.24, 2.45) is 0 Å². The molecule has 4 heterocycles. The highest BCUT2D eigenvalue weighted by atomic mass is 16.3. The smallest absolute Gasteiger partial charge is 0.159 e. The van der Waals surface area contributed by atoms with Gasteiger partial charge in [0.25, 0.3) is 0 Å². The Balaban J connectivity index is 1.07. The SMILES string of the molecule is C=Cc1c(/C=C\C)ccc2c1oc1c3c(ccc12)C(C)(C)c1ccccc1N3c1cc(C(C)C)c2ccc3c(N4c5ccccc5C(C)(C)c5ccc6c(oc7c8ccccc8ccc67)c54)cc(C(C)C)c4ccc1c2c43. The van der Waals surface area contributed by atoms with Crippen LogP contribution in [0.4, 0.5) is 34.1 Å². The minimum absolute atomic E-state index is 0.223. The second-order valence-electron chi connectivity index (χ2n) is 23.5. The molecule has 0 amide bonds. The molecule has 0 N–H and O–H groups in total. The van der Waals surface area contributed by atoms with Gasteiger partial charge < -0.3 is 18.6 Å². The van der Waals surface area contributed by atoms with Crippen molar-refractivity contribution in [3.63, 3.8) is 0 Å². The maximum atomic E-state index is 7.34. The number of fused-ring (bicyclic) bond motifs is 14. The maximum Gasteiger partial charge on any atom is 0.159 e. The maximum absolute atomic E-state index is 7.34. The molecule has 0 unspecified atom stereocenters. The van der Waals surface area contributed by atoms with E-state index in [1.807, 2.05) is 6.08 Å². The molecule has 0 spiro atoms. The minimum Gasteiger partial charge on any atom is -0.453 e. The highest BCUT2D eigenvalue weighted by molar-refractivity contribution is 6.30. The van der Waals surface area contributed by atoms with E-state index in [2.05, 4.69) is 249 Å². The zero-order valence-electron chi connectivity index (χ0n) is 45.3. The molecule has 13 aromatic rings. The summed E-state index contributed by atoms with van der Waals surface area (Å²) in [6.45, 7) is 25.3. The standard InChI is InChI=1S/C73H60N2O2/c1-11-19-42-26-28-48-50-34-36-58-66(70(50)76-68(48)44(42)12-2)74(60-24-17-15-22-56(60)72(58,7)8)62-38-54(40(3)4)46-31-33-53-63(39-55(41(5)6)47-30-32-52(62)64(46)65(47)53)75-61-25-18-16-23-57(61)73(9,10)59-37-35-51-49-29-27-43-20-13-14-21-45(43)69(49)77-71(51)67(59)75/h11-41H,2H2,1,3-10H3/b19-11-. The quantitative estimate of drug-likeness (QED) is 0.155. The van der Waals surface area contributed by atoms with Gasteiger partial charge in [-0.25, -0.2) is 0 Å². The summed E-state index contributed by atoms with van der Waals surface area (Å²) in [4.78, 5) is 5.13. The first-order valence-electron chi connectivity index (χ1n) is 27.5. The third-order valence-electron chi connectivity index (χ3n) is 18.0. The molecule has 0 saturated heterocycles. The van der Waals surface area contributed by atoms with Crippen molar-refractivity contribution in [1.29, 1.82) is 0 Å². The van der Waals surface area contributed by atoms with E-state index in [0.717, 1.165) is 88.8 Å². The summed E-state index contributed by atoms with van der Waals surface area (Å²) in [6, 6.07) is 59.6. The van der Waals surface area contributed by atoms with Crippen LogP contribution in [-0.4, -0.2) is 0 Å². The van der Waals surface area contributed by atoms with Crippen LogP contribution in [0.15, 0.2) is 179 Å². The van der Waals surface area contributed by atoms with E-state index in [4.69, 9.17) is 8.83 Å². The van der Waals surface area contributed by atoms with Crippen LogP contribution >= 0.6 is 0 Å². The molecule has 0 saturated carbocycles. The van der Waals surface area contributed by atoms with Gasteiger partial charge in [0.1, 0.15) is 11.2 Å². The average molecular weight is 997 g/mol. The molecule has 4 nitrogen and oxygen atoms in total. The lowest BCUT2D eigenvalue weighted by Crippen LogP contribution is -2.31. The average Bonchev–Trinajstić information content (AvgIpc) is 4.21. The van der Waals surface area contributed by atoms with E-state index in [-0.39, 0.29) is 22.7 Å². The van der Waals surface area contributed by atoms with E-state index in [9.17, 15) is 0 Å². The lowest BCUT2D eigenvalue weighted by Gasteiger charge is -2.43. The van der Waals surface area contributed by atoms with Gasteiger partial charge in [0.05, 0.1) is 34.1 Å². The third kappa shape index (κ3) is 5.99. The van der Waals surface area contributed by atoms with Gasteiger partial charge >= 0.3 is 0 Å². The topological polar surface area (TPSA) is 32.8 Å². The molecule has 2 aliphatic rings. The highest BCUT2D eigenvalue weighted by Crippen LogP contribution is 2.60. The van der Waals surface area contributed by atoms with Crippen LogP contribution in [0.3, 0.4) is 0 Å². The summed E-state index contributed by atoms with van der Waals surface area (Å²) in [5.41, 5.74) is 19.6. The molecule has 4 heteroatoms. The molecule has 0 bridgehead atoms. The van der Waals surface area contributed by atoms with Gasteiger partial charge in [0.15, 0.2) is 11.2 Å². The number of rotatable bonds is 6. The molecule has 11 aromatic carbocycles. The first-order chi connectivity index (χ1) is 37.3. The Hall–Kier alpha value is -8.60. The molecule has 2 aromatic heterocycles. The number of nitrogens with zero attached hydrogens (tertiary/aromatic N) is 2. The van der Waals surface area contributed by atoms with Gasteiger partial charge in [0.2, 0.25) is 0 Å². The molecular formula is C73H60N2O2. The Morgan fingerprint density at radius 3 is 1.40 bits per heavy atom. The number of allylic oxidation sites excluding steroid dienone is 1. The Morgan fingerprint density at radius 1 is 0.429 bits per heavy atom. The monoisotopic (exact) mass is 996 g/mol. The Kier molecular flexibility index (Phi) is 9.49. The summed E-state index contributed by atoms with van der Waals surface area (Å²) < 4.78 is 14.7. The Labute approximate surface area is 449 Å². The summed E-state index contributed by atoms with van der Waals surface area (Å²) in [5.74, 6) is 0.450. The zero-order valence-corrected chi connectivity index (χ0v) is 45.3. The van der Waals surface area contributed by atoms with Gasteiger partial charge in [0, 0.05) is 54.1 Å². The molecule has 0 radical (unpaired) electrons. The molecule has 2 aliphatic heterocycles. The normalized spacial score (nSPS) is 14.9. The second-order valence-corrected chi connectivity index (χ2v) is 23.5. The summed E-state index contributed by atoms with van der Waals surface area (Å²) in [6.07, 6.45) is 6.17. The van der Waals surface area contributed by atoms with Crippen molar-refractivity contribution in [3.8, 4) is 0 Å². The molecule has 77 heavy (non-hydrogen) atoms. The lowest BCUT2D eigenvalue weighted by atomic mass is 9.73. The first-order valence-corrected chi connectivity index (χ1v) is 27.5. The third-order valence-corrected chi connectivity index (χ3v) is 18.0. The van der Waals surface area contributed by atoms with Gasteiger partial charge in [-0.1, -0.05) is 202 Å². The van der Waals surface area contributed by atoms with Crippen LogP contribution in [0, 0.1) is 0 Å². The van der Waals surface area contributed by atoms with E-state index < -0.39 is 0 Å². The van der Waals surface area contributed by atoms with E-state index in [1.54, 1.807) is 0 Å². The summed E-state index contributed by atoms with van der Waals surface area (Å²) in [5, 5.41) is 14.3. The van der Waals surface area contributed by atoms with Crippen LogP contribution in [0.5, 0.6) is 0 Å². The van der Waals surface area contributed by atoms with Gasteiger partial charge in [-0.3, -0.25) is 0 Å². The lowest BCUT2D eigenvalue weighted by molar-refractivity contribution is 0.623. The van der Waals surface area contributed by atoms with E-state index in [0.29, 0.717) is 0 Å². The number of benzene rings is 11. The summed E-state index contributed by atoms with van der Waals surface area (Å²) >= 11 is 0. The highest BCUT2D eigenvalue weighted by Gasteiger charge is 2.42. The van der Waals surface area contributed by atoms with Crippen molar-refractivity contribution < 1.29 is 8.83 Å². The fraction of sp³-hybridized carbons (Fsp3) is 0.178. The number of para-hydroxylation sites is 2. The second kappa shape index (κ2) is 16.0. The van der Waals surface area contributed by atoms with Crippen LogP contribution in [0.1, 0.15) is 119 Å². The molecule has 0 aliphatic carbocycles. The van der Waals surface area contributed by atoms with Crippen LogP contribution in [0.25, 0.3) is 99.1 Å². The Bertz CT molecular complexity index is 4740. The van der Waals surface area contributed by atoms with Crippen LogP contribution in [0.2, 0.25) is 0 Å². The number of anilines is 6. The molecule has 0 atom stereocenters. The van der Waals surface area contributed by atoms with Gasteiger partial charge in [-0.05, 0) is 121 Å².